The largest absolute Gasteiger partial charge is 0.374 e. The van der Waals surface area contributed by atoms with Crippen LogP contribution in [-0.2, 0) is 0 Å². The monoisotopic (exact) mass is 183 g/mol. The topological polar surface area (TPSA) is 51.8 Å². The summed E-state index contributed by atoms with van der Waals surface area (Å²) >= 11 is 1.24. The third-order valence-corrected chi connectivity index (χ3v) is 2.08. The Morgan fingerprint density at radius 2 is 2.42 bits per heavy atom. The molecule has 4 heteroatoms. The molecule has 0 aliphatic carbocycles. The molecule has 0 saturated heterocycles. The standard InChI is InChI=1S/C8H13N3S/c1-3-4-5-6(2)7-10-8(9)12-11-7/h5H,3-4H2,1-2H3,(H2,9,10,11)/b6-5+. The number of nitrogens with zero attached hydrogens (tertiary/aromatic N) is 2. The van der Waals surface area contributed by atoms with Crippen molar-refractivity contribution in [3.05, 3.63) is 11.9 Å². The van der Waals surface area contributed by atoms with E-state index in [1.807, 2.05) is 6.92 Å². The Kier molecular flexibility index (Phi) is 3.22. The van der Waals surface area contributed by atoms with Crippen LogP contribution < -0.4 is 5.73 Å². The van der Waals surface area contributed by atoms with E-state index in [1.165, 1.54) is 11.5 Å². The number of unbranched alkanes of at least 4 members (excludes halogenated alkanes) is 1. The van der Waals surface area contributed by atoms with E-state index < -0.39 is 0 Å². The summed E-state index contributed by atoms with van der Waals surface area (Å²) in [5.41, 5.74) is 6.58. The maximum absolute atomic E-state index is 5.46. The highest BCUT2D eigenvalue weighted by atomic mass is 32.1. The van der Waals surface area contributed by atoms with Gasteiger partial charge < -0.3 is 5.73 Å². The minimum absolute atomic E-state index is 0.536. The van der Waals surface area contributed by atoms with E-state index in [1.54, 1.807) is 0 Å². The van der Waals surface area contributed by atoms with Crippen molar-refractivity contribution in [1.29, 1.82) is 0 Å². The zero-order valence-electron chi connectivity index (χ0n) is 7.37. The van der Waals surface area contributed by atoms with Gasteiger partial charge in [-0.2, -0.15) is 9.36 Å². The summed E-state index contributed by atoms with van der Waals surface area (Å²) < 4.78 is 4.11. The first-order valence-electron chi connectivity index (χ1n) is 4.00. The molecule has 0 aromatic carbocycles. The molecule has 0 amide bonds. The maximum atomic E-state index is 5.46. The summed E-state index contributed by atoms with van der Waals surface area (Å²) in [7, 11) is 0. The highest BCUT2D eigenvalue weighted by molar-refractivity contribution is 7.09. The number of hydrogen-bond donors (Lipinski definition) is 1. The number of aromatic nitrogens is 2. The first-order valence-corrected chi connectivity index (χ1v) is 4.77. The lowest BCUT2D eigenvalue weighted by atomic mass is 10.2. The number of anilines is 1. The summed E-state index contributed by atoms with van der Waals surface area (Å²) in [6, 6.07) is 0. The lowest BCUT2D eigenvalue weighted by Crippen LogP contribution is -1.85. The molecular formula is C8H13N3S. The fourth-order valence-corrected chi connectivity index (χ4v) is 1.34. The van der Waals surface area contributed by atoms with Crippen LogP contribution in [0.5, 0.6) is 0 Å². The number of nitrogens with two attached hydrogens (primary N) is 1. The number of hydrogen-bond acceptors (Lipinski definition) is 4. The Morgan fingerprint density at radius 1 is 1.67 bits per heavy atom. The average molecular weight is 183 g/mol. The van der Waals surface area contributed by atoms with E-state index >= 15 is 0 Å². The van der Waals surface area contributed by atoms with E-state index in [0.717, 1.165) is 24.2 Å². The summed E-state index contributed by atoms with van der Waals surface area (Å²) in [5.74, 6) is 0.769. The highest BCUT2D eigenvalue weighted by Crippen LogP contribution is 2.14. The van der Waals surface area contributed by atoms with Crippen molar-refractivity contribution in [3.8, 4) is 0 Å². The number of rotatable bonds is 3. The first kappa shape index (κ1) is 9.19. The second kappa shape index (κ2) is 4.21. The van der Waals surface area contributed by atoms with Gasteiger partial charge in [0.15, 0.2) is 11.0 Å². The molecule has 0 spiro atoms. The third-order valence-electron chi connectivity index (χ3n) is 1.53. The molecule has 1 aromatic heterocycles. The van der Waals surface area contributed by atoms with E-state index in [9.17, 15) is 0 Å². The van der Waals surface area contributed by atoms with Crippen LogP contribution in [0.3, 0.4) is 0 Å². The predicted octanol–water partition coefficient (Wildman–Crippen LogP) is 2.32. The van der Waals surface area contributed by atoms with Crippen LogP contribution in [-0.4, -0.2) is 9.36 Å². The second-order valence-electron chi connectivity index (χ2n) is 2.63. The molecule has 0 aliphatic heterocycles. The van der Waals surface area contributed by atoms with Crippen LogP contribution in [0.25, 0.3) is 5.57 Å². The van der Waals surface area contributed by atoms with Crippen LogP contribution in [0.2, 0.25) is 0 Å². The fourth-order valence-electron chi connectivity index (χ4n) is 0.848. The SMILES string of the molecule is CCC/C=C(\C)c1nsc(N)n1. The van der Waals surface area contributed by atoms with Gasteiger partial charge in [-0.05, 0) is 18.9 Å². The van der Waals surface area contributed by atoms with Crippen LogP contribution >= 0.6 is 11.5 Å². The molecule has 0 atom stereocenters. The molecular weight excluding hydrogens is 170 g/mol. The van der Waals surface area contributed by atoms with Crippen molar-refractivity contribution >= 4 is 22.2 Å². The lowest BCUT2D eigenvalue weighted by Gasteiger charge is -1.92. The normalized spacial score (nSPS) is 12.0. The fraction of sp³-hybridized carbons (Fsp3) is 0.500. The number of allylic oxidation sites excluding steroid dienone is 2. The average Bonchev–Trinajstić information content (AvgIpc) is 2.47. The maximum Gasteiger partial charge on any atom is 0.200 e. The van der Waals surface area contributed by atoms with E-state index in [0.29, 0.717) is 5.13 Å². The Hall–Kier alpha value is -0.900. The molecule has 1 aromatic rings. The highest BCUT2D eigenvalue weighted by Gasteiger charge is 2.01. The van der Waals surface area contributed by atoms with Crippen molar-refractivity contribution < 1.29 is 0 Å². The second-order valence-corrected chi connectivity index (χ2v) is 3.42. The predicted molar refractivity (Wildman–Crippen MR) is 52.9 cm³/mol. The molecule has 0 fully saturated rings. The number of nitrogen functional groups attached to an aromatic ring is 1. The van der Waals surface area contributed by atoms with Crippen LogP contribution in [0.1, 0.15) is 32.5 Å². The van der Waals surface area contributed by atoms with Gasteiger partial charge in [0.1, 0.15) is 0 Å². The molecule has 12 heavy (non-hydrogen) atoms. The Morgan fingerprint density at radius 3 is 2.92 bits per heavy atom. The van der Waals surface area contributed by atoms with Gasteiger partial charge in [-0.3, -0.25) is 0 Å². The van der Waals surface area contributed by atoms with Gasteiger partial charge in [0.25, 0.3) is 0 Å². The zero-order valence-corrected chi connectivity index (χ0v) is 8.19. The molecule has 2 N–H and O–H groups in total. The van der Waals surface area contributed by atoms with E-state index in [2.05, 4.69) is 22.4 Å². The van der Waals surface area contributed by atoms with Gasteiger partial charge in [-0.1, -0.05) is 19.4 Å². The molecule has 1 heterocycles. The molecule has 66 valence electrons. The Balaban J connectivity index is 2.70. The summed E-state index contributed by atoms with van der Waals surface area (Å²) in [5, 5.41) is 0.536. The van der Waals surface area contributed by atoms with Crippen molar-refractivity contribution in [2.75, 3.05) is 5.73 Å². The smallest absolute Gasteiger partial charge is 0.200 e. The summed E-state index contributed by atoms with van der Waals surface area (Å²) in [6.45, 7) is 4.16. The Bertz CT molecular complexity index is 278. The van der Waals surface area contributed by atoms with Gasteiger partial charge in [-0.25, -0.2) is 0 Å². The molecule has 0 unspecified atom stereocenters. The summed E-state index contributed by atoms with van der Waals surface area (Å²) in [6.07, 6.45) is 4.36. The first-order chi connectivity index (χ1) is 5.74. The zero-order chi connectivity index (χ0) is 8.97. The van der Waals surface area contributed by atoms with E-state index in [4.69, 9.17) is 5.73 Å². The molecule has 1 rings (SSSR count). The minimum Gasteiger partial charge on any atom is -0.374 e. The van der Waals surface area contributed by atoms with Crippen molar-refractivity contribution in [2.24, 2.45) is 0 Å². The quantitative estimate of drug-likeness (QED) is 0.782. The van der Waals surface area contributed by atoms with Crippen LogP contribution in [0.15, 0.2) is 6.08 Å². The van der Waals surface area contributed by atoms with Gasteiger partial charge in [-0.15, -0.1) is 0 Å². The van der Waals surface area contributed by atoms with Crippen LogP contribution in [0, 0.1) is 0 Å². The van der Waals surface area contributed by atoms with Gasteiger partial charge >= 0.3 is 0 Å². The van der Waals surface area contributed by atoms with Gasteiger partial charge in [0.2, 0.25) is 0 Å². The Labute approximate surface area is 76.5 Å². The summed E-state index contributed by atoms with van der Waals surface area (Å²) in [4.78, 5) is 4.08. The lowest BCUT2D eigenvalue weighted by molar-refractivity contribution is 0.957. The van der Waals surface area contributed by atoms with E-state index in [-0.39, 0.29) is 0 Å². The minimum atomic E-state index is 0.536. The van der Waals surface area contributed by atoms with Crippen molar-refractivity contribution in [2.45, 2.75) is 26.7 Å². The van der Waals surface area contributed by atoms with Crippen molar-refractivity contribution in [3.63, 3.8) is 0 Å². The molecule has 3 nitrogen and oxygen atoms in total. The third kappa shape index (κ3) is 2.30. The van der Waals surface area contributed by atoms with Crippen LogP contribution in [0.4, 0.5) is 5.13 Å². The molecule has 0 bridgehead atoms. The molecule has 0 saturated carbocycles. The van der Waals surface area contributed by atoms with Gasteiger partial charge in [0, 0.05) is 11.5 Å². The molecule has 0 radical (unpaired) electrons. The molecule has 0 aliphatic rings. The van der Waals surface area contributed by atoms with Crippen molar-refractivity contribution in [1.82, 2.24) is 9.36 Å². The van der Waals surface area contributed by atoms with Gasteiger partial charge in [0.05, 0.1) is 0 Å².